The monoisotopic (exact) mass is 315 g/mol. The molecule has 0 aromatic heterocycles. The van der Waals surface area contributed by atoms with Gasteiger partial charge >= 0.3 is 15.6 Å². The average Bonchev–Trinajstić information content (AvgIpc) is 2.39. The lowest BCUT2D eigenvalue weighted by Crippen LogP contribution is -2.44. The minimum atomic E-state index is -5.54. The molecular formula is C11H16F3NO4S. The lowest BCUT2D eigenvalue weighted by atomic mass is 9.99. The Bertz CT molecular complexity index is 469. The first-order valence-electron chi connectivity index (χ1n) is 6.31. The highest BCUT2D eigenvalue weighted by atomic mass is 32.2. The van der Waals surface area contributed by atoms with Gasteiger partial charge in [0.15, 0.2) is 0 Å². The van der Waals surface area contributed by atoms with Gasteiger partial charge in [0.2, 0.25) is 0 Å². The first-order valence-corrected chi connectivity index (χ1v) is 7.72. The van der Waals surface area contributed by atoms with Gasteiger partial charge in [-0.25, -0.2) is 0 Å². The van der Waals surface area contributed by atoms with Crippen LogP contribution in [0.15, 0.2) is 11.8 Å². The Labute approximate surface area is 115 Å². The third-order valence-electron chi connectivity index (χ3n) is 3.40. The zero-order valence-electron chi connectivity index (χ0n) is 10.7. The number of hydrogen-bond donors (Lipinski definition) is 0. The Morgan fingerprint density at radius 3 is 2.45 bits per heavy atom. The summed E-state index contributed by atoms with van der Waals surface area (Å²) in [5, 5.41) is 0. The molecule has 0 bridgehead atoms. The van der Waals surface area contributed by atoms with Crippen molar-refractivity contribution in [3.63, 3.8) is 0 Å². The van der Waals surface area contributed by atoms with Crippen LogP contribution in [0.25, 0.3) is 0 Å². The SMILES string of the molecule is O=S(=O)(OC1=CC[C@H](N2CCOCC2)CC1)C(F)(F)F. The molecule has 1 aliphatic carbocycles. The van der Waals surface area contributed by atoms with Crippen LogP contribution in [0.2, 0.25) is 0 Å². The molecule has 1 atom stereocenters. The minimum absolute atomic E-state index is 0.119. The highest BCUT2D eigenvalue weighted by Gasteiger charge is 2.49. The zero-order chi connectivity index (χ0) is 14.8. The van der Waals surface area contributed by atoms with Crippen LogP contribution in [0.5, 0.6) is 0 Å². The lowest BCUT2D eigenvalue weighted by Gasteiger charge is -2.35. The van der Waals surface area contributed by atoms with E-state index in [-0.39, 0.29) is 18.2 Å². The van der Waals surface area contributed by atoms with Crippen molar-refractivity contribution < 1.29 is 30.5 Å². The minimum Gasteiger partial charge on any atom is -0.381 e. The van der Waals surface area contributed by atoms with Crippen LogP contribution in [-0.4, -0.2) is 51.2 Å². The van der Waals surface area contributed by atoms with Crippen LogP contribution in [0.4, 0.5) is 13.2 Å². The van der Waals surface area contributed by atoms with Crippen LogP contribution in [0, 0.1) is 0 Å². The van der Waals surface area contributed by atoms with E-state index in [1.165, 1.54) is 6.08 Å². The highest BCUT2D eigenvalue weighted by Crippen LogP contribution is 2.30. The summed E-state index contributed by atoms with van der Waals surface area (Å²) in [5.74, 6) is -0.119. The summed E-state index contributed by atoms with van der Waals surface area (Å²) in [7, 11) is -5.54. The molecule has 1 saturated heterocycles. The summed E-state index contributed by atoms with van der Waals surface area (Å²) in [4.78, 5) is 2.20. The van der Waals surface area contributed by atoms with Crippen LogP contribution in [0.3, 0.4) is 0 Å². The number of rotatable bonds is 3. The standard InChI is InChI=1S/C11H16F3NO4S/c12-11(13,14)20(16,17)19-10-3-1-9(2-4-10)15-5-7-18-8-6-15/h3,9H,1-2,4-8H2/t9-/m0/s1. The van der Waals surface area contributed by atoms with E-state index in [0.29, 0.717) is 26.1 Å². The van der Waals surface area contributed by atoms with E-state index in [2.05, 4.69) is 9.08 Å². The predicted octanol–water partition coefficient (Wildman–Crippen LogP) is 1.62. The summed E-state index contributed by atoms with van der Waals surface area (Å²) < 4.78 is 67.7. The zero-order valence-corrected chi connectivity index (χ0v) is 11.5. The van der Waals surface area contributed by atoms with E-state index in [9.17, 15) is 21.6 Å². The topological polar surface area (TPSA) is 55.8 Å². The molecule has 0 radical (unpaired) electrons. The van der Waals surface area contributed by atoms with E-state index < -0.39 is 15.6 Å². The number of allylic oxidation sites excluding steroid dienone is 1. The molecule has 0 aromatic rings. The van der Waals surface area contributed by atoms with Crippen molar-refractivity contribution in [1.29, 1.82) is 0 Å². The molecule has 116 valence electrons. The summed E-state index contributed by atoms with van der Waals surface area (Å²) in [6.45, 7) is 2.86. The molecule has 9 heteroatoms. The third-order valence-corrected chi connectivity index (χ3v) is 4.40. The fourth-order valence-electron chi connectivity index (χ4n) is 2.33. The van der Waals surface area contributed by atoms with Gasteiger partial charge < -0.3 is 8.92 Å². The van der Waals surface area contributed by atoms with Crippen LogP contribution in [-0.2, 0) is 19.0 Å². The molecule has 0 unspecified atom stereocenters. The van der Waals surface area contributed by atoms with E-state index in [1.807, 2.05) is 0 Å². The van der Waals surface area contributed by atoms with Gasteiger partial charge in [0, 0.05) is 25.6 Å². The molecule has 1 heterocycles. The molecule has 0 aromatic carbocycles. The van der Waals surface area contributed by atoms with Gasteiger partial charge in [0.25, 0.3) is 0 Å². The number of hydrogen-bond acceptors (Lipinski definition) is 5. The molecule has 5 nitrogen and oxygen atoms in total. The van der Waals surface area contributed by atoms with Gasteiger partial charge in [0.05, 0.1) is 13.2 Å². The second-order valence-electron chi connectivity index (χ2n) is 4.73. The van der Waals surface area contributed by atoms with Crippen molar-refractivity contribution in [3.05, 3.63) is 11.8 Å². The van der Waals surface area contributed by atoms with Gasteiger partial charge in [-0.3, -0.25) is 4.90 Å². The maximum atomic E-state index is 12.2. The smallest absolute Gasteiger partial charge is 0.381 e. The number of ether oxygens (including phenoxy) is 1. The van der Waals surface area contributed by atoms with Gasteiger partial charge in [-0.2, -0.15) is 21.6 Å². The number of morpholine rings is 1. The van der Waals surface area contributed by atoms with E-state index in [4.69, 9.17) is 4.74 Å². The molecule has 2 rings (SSSR count). The Balaban J connectivity index is 1.92. The van der Waals surface area contributed by atoms with Gasteiger partial charge in [-0.05, 0) is 18.9 Å². The Morgan fingerprint density at radius 1 is 1.30 bits per heavy atom. The van der Waals surface area contributed by atoms with E-state index in [0.717, 1.165) is 13.1 Å². The van der Waals surface area contributed by atoms with E-state index >= 15 is 0 Å². The maximum Gasteiger partial charge on any atom is 0.534 e. The van der Waals surface area contributed by atoms with Gasteiger partial charge in [0.1, 0.15) is 5.76 Å². The molecule has 1 fully saturated rings. The summed E-state index contributed by atoms with van der Waals surface area (Å²) in [5.41, 5.74) is -5.38. The number of nitrogens with zero attached hydrogens (tertiary/aromatic N) is 1. The molecule has 1 aliphatic heterocycles. The fourth-order valence-corrected chi connectivity index (χ4v) is 2.86. The van der Waals surface area contributed by atoms with Crippen molar-refractivity contribution in [3.8, 4) is 0 Å². The number of alkyl halides is 3. The van der Waals surface area contributed by atoms with E-state index in [1.54, 1.807) is 0 Å². The predicted molar refractivity (Wildman–Crippen MR) is 64.2 cm³/mol. The molecule has 0 N–H and O–H groups in total. The Kier molecular flexibility index (Phi) is 4.60. The van der Waals surface area contributed by atoms with Crippen LogP contribution >= 0.6 is 0 Å². The lowest BCUT2D eigenvalue weighted by molar-refractivity contribution is -0.0525. The molecular weight excluding hydrogens is 299 g/mol. The Morgan fingerprint density at radius 2 is 1.95 bits per heavy atom. The molecule has 0 spiro atoms. The molecule has 20 heavy (non-hydrogen) atoms. The Hall–Kier alpha value is -0.800. The molecule has 0 saturated carbocycles. The van der Waals surface area contributed by atoms with Crippen molar-refractivity contribution in [2.75, 3.05) is 26.3 Å². The largest absolute Gasteiger partial charge is 0.534 e. The second-order valence-corrected chi connectivity index (χ2v) is 6.27. The van der Waals surface area contributed by atoms with Gasteiger partial charge in [-0.15, -0.1) is 0 Å². The molecule has 0 amide bonds. The quantitative estimate of drug-likeness (QED) is 0.585. The summed E-state index contributed by atoms with van der Waals surface area (Å²) >= 11 is 0. The highest BCUT2D eigenvalue weighted by molar-refractivity contribution is 7.87. The average molecular weight is 315 g/mol. The summed E-state index contributed by atoms with van der Waals surface area (Å²) in [6.07, 6.45) is 2.70. The van der Waals surface area contributed by atoms with Crippen LogP contribution in [0.1, 0.15) is 19.3 Å². The summed E-state index contributed by atoms with van der Waals surface area (Å²) in [6, 6.07) is 0.208. The third kappa shape index (κ3) is 3.64. The second kappa shape index (κ2) is 5.90. The first-order chi connectivity index (χ1) is 9.29. The normalized spacial score (nSPS) is 26.1. The molecule has 2 aliphatic rings. The first kappa shape index (κ1) is 15.6. The number of halogens is 3. The van der Waals surface area contributed by atoms with Crippen molar-refractivity contribution in [2.45, 2.75) is 30.8 Å². The fraction of sp³-hybridized carbons (Fsp3) is 0.818. The van der Waals surface area contributed by atoms with Crippen LogP contribution < -0.4 is 0 Å². The van der Waals surface area contributed by atoms with Crippen molar-refractivity contribution in [1.82, 2.24) is 4.90 Å². The van der Waals surface area contributed by atoms with Crippen molar-refractivity contribution >= 4 is 10.1 Å². The van der Waals surface area contributed by atoms with Crippen molar-refractivity contribution in [2.24, 2.45) is 0 Å². The van der Waals surface area contributed by atoms with Gasteiger partial charge in [-0.1, -0.05) is 0 Å². The maximum absolute atomic E-state index is 12.2.